The summed E-state index contributed by atoms with van der Waals surface area (Å²) in [7, 11) is 0. The minimum absolute atomic E-state index is 0.0671. The van der Waals surface area contributed by atoms with Crippen molar-refractivity contribution in [3.05, 3.63) is 43.8 Å². The second-order valence-electron chi connectivity index (χ2n) is 4.59. The van der Waals surface area contributed by atoms with Gasteiger partial charge in [0.05, 0.1) is 6.07 Å². The zero-order valence-electron chi connectivity index (χ0n) is 11.4. The first-order valence-corrected chi connectivity index (χ1v) is 6.93. The Morgan fingerprint density at radius 1 is 1.52 bits per heavy atom. The molecule has 0 aliphatic rings. The minimum Gasteiger partial charge on any atom is -0.484 e. The Bertz CT molecular complexity index is 672. The highest BCUT2D eigenvalue weighted by atomic mass is 32.1. The van der Waals surface area contributed by atoms with Crippen LogP contribution >= 0.6 is 11.3 Å². The van der Waals surface area contributed by atoms with Crippen molar-refractivity contribution in [2.45, 2.75) is 26.4 Å². The Kier molecular flexibility index (Phi) is 4.27. The van der Waals surface area contributed by atoms with Crippen molar-refractivity contribution in [3.63, 3.8) is 0 Å². The van der Waals surface area contributed by atoms with E-state index in [4.69, 9.17) is 14.3 Å². The molecule has 0 amide bonds. The first kappa shape index (κ1) is 15.0. The predicted octanol–water partition coefficient (Wildman–Crippen LogP) is 3.65. The maximum Gasteiger partial charge on any atom is 0.433 e. The molecule has 0 atom stereocenters. The van der Waals surface area contributed by atoms with Crippen LogP contribution in [0.1, 0.15) is 40.1 Å². The van der Waals surface area contributed by atoms with Crippen LogP contribution in [0.4, 0.5) is 5.88 Å². The van der Waals surface area contributed by atoms with Crippen LogP contribution in [0.3, 0.4) is 0 Å². The van der Waals surface area contributed by atoms with Gasteiger partial charge >= 0.3 is 11.9 Å². The number of nitrogens with zero attached hydrogens (tertiary/aromatic N) is 1. The van der Waals surface area contributed by atoms with Crippen LogP contribution in [0, 0.1) is 10.1 Å². The van der Waals surface area contributed by atoms with E-state index < -0.39 is 10.9 Å². The quantitative estimate of drug-likeness (QED) is 0.645. The Labute approximate surface area is 123 Å². The lowest BCUT2D eigenvalue weighted by Crippen LogP contribution is -1.99. The summed E-state index contributed by atoms with van der Waals surface area (Å²) in [4.78, 5) is 22.0. The van der Waals surface area contributed by atoms with Gasteiger partial charge in [0.25, 0.3) is 0 Å². The van der Waals surface area contributed by atoms with E-state index in [-0.39, 0.29) is 34.8 Å². The van der Waals surface area contributed by atoms with Crippen molar-refractivity contribution in [2.24, 2.45) is 0 Å². The fourth-order valence-electron chi connectivity index (χ4n) is 1.62. The molecule has 7 nitrogen and oxygen atoms in total. The average Bonchev–Trinajstić information content (AvgIpc) is 3.03. The second-order valence-corrected chi connectivity index (χ2v) is 5.67. The van der Waals surface area contributed by atoms with Gasteiger partial charge in [0, 0.05) is 4.88 Å². The van der Waals surface area contributed by atoms with E-state index in [0.29, 0.717) is 0 Å². The molecule has 2 rings (SSSR count). The fourth-order valence-corrected chi connectivity index (χ4v) is 2.57. The Morgan fingerprint density at radius 2 is 2.24 bits per heavy atom. The Balaban J connectivity index is 2.14. The van der Waals surface area contributed by atoms with Crippen LogP contribution in [0.5, 0.6) is 5.75 Å². The first-order chi connectivity index (χ1) is 9.88. The summed E-state index contributed by atoms with van der Waals surface area (Å²) in [6, 6.07) is 4.33. The number of aromatic carboxylic acids is 1. The lowest BCUT2D eigenvalue weighted by atomic mass is 10.2. The van der Waals surface area contributed by atoms with Gasteiger partial charge in [-0.1, -0.05) is 13.8 Å². The van der Waals surface area contributed by atoms with Gasteiger partial charge in [0.1, 0.15) is 23.0 Å². The van der Waals surface area contributed by atoms with Crippen molar-refractivity contribution < 1.29 is 24.0 Å². The molecule has 0 saturated heterocycles. The van der Waals surface area contributed by atoms with Crippen molar-refractivity contribution in [1.82, 2.24) is 0 Å². The summed E-state index contributed by atoms with van der Waals surface area (Å²) < 4.78 is 10.4. The maximum atomic E-state index is 11.2. The highest BCUT2D eigenvalue weighted by molar-refractivity contribution is 7.14. The molecule has 112 valence electrons. The van der Waals surface area contributed by atoms with Crippen LogP contribution in [0.25, 0.3) is 0 Å². The Morgan fingerprint density at radius 3 is 2.76 bits per heavy atom. The van der Waals surface area contributed by atoms with Gasteiger partial charge in [0.15, 0.2) is 4.88 Å². The maximum absolute atomic E-state index is 11.2. The summed E-state index contributed by atoms with van der Waals surface area (Å²) in [6.45, 7) is 3.84. The number of carboxylic acid groups (broad SMARTS) is 1. The third-order valence-corrected chi connectivity index (χ3v) is 4.08. The summed E-state index contributed by atoms with van der Waals surface area (Å²) in [5, 5.41) is 19.7. The highest BCUT2D eigenvalue weighted by Crippen LogP contribution is 2.34. The zero-order chi connectivity index (χ0) is 15.6. The van der Waals surface area contributed by atoms with E-state index >= 15 is 0 Å². The normalized spacial score (nSPS) is 10.8. The highest BCUT2D eigenvalue weighted by Gasteiger charge is 2.19. The topological polar surface area (TPSA) is 103 Å². The van der Waals surface area contributed by atoms with Crippen molar-refractivity contribution >= 4 is 23.2 Å². The molecule has 0 saturated carbocycles. The molecule has 2 aromatic rings. The molecule has 0 radical (unpaired) electrons. The van der Waals surface area contributed by atoms with Crippen molar-refractivity contribution in [3.8, 4) is 5.75 Å². The van der Waals surface area contributed by atoms with Gasteiger partial charge in [-0.25, -0.2) is 4.79 Å². The van der Waals surface area contributed by atoms with E-state index in [2.05, 4.69) is 0 Å². The molecular formula is C13H13NO6S. The number of hydrogen-bond donors (Lipinski definition) is 1. The molecule has 0 aliphatic carbocycles. The largest absolute Gasteiger partial charge is 0.484 e. The molecule has 0 bridgehead atoms. The van der Waals surface area contributed by atoms with Crippen LogP contribution in [0.15, 0.2) is 22.6 Å². The van der Waals surface area contributed by atoms with Crippen LogP contribution in [-0.2, 0) is 6.61 Å². The van der Waals surface area contributed by atoms with Gasteiger partial charge in [0.2, 0.25) is 0 Å². The van der Waals surface area contributed by atoms with Crippen molar-refractivity contribution in [1.29, 1.82) is 0 Å². The van der Waals surface area contributed by atoms with E-state index in [1.54, 1.807) is 6.07 Å². The van der Waals surface area contributed by atoms with Gasteiger partial charge in [-0.05, 0) is 18.1 Å². The molecule has 0 fully saturated rings. The number of furan rings is 1. The standard InChI is InChI=1S/C13H13NO6S/c1-7(2)10-5-9(12(21-10)13(15)16)19-6-8-3-4-11(20-8)14(17)18/h3-5,7H,6H2,1-2H3,(H,15,16). The summed E-state index contributed by atoms with van der Waals surface area (Å²) in [5.41, 5.74) is 0. The lowest BCUT2D eigenvalue weighted by molar-refractivity contribution is -0.402. The lowest BCUT2D eigenvalue weighted by Gasteiger charge is -2.02. The summed E-state index contributed by atoms with van der Waals surface area (Å²) in [5.74, 6) is -0.742. The smallest absolute Gasteiger partial charge is 0.433 e. The van der Waals surface area contributed by atoms with E-state index in [0.717, 1.165) is 16.2 Å². The van der Waals surface area contributed by atoms with Crippen LogP contribution in [0.2, 0.25) is 0 Å². The number of hydrogen-bond acceptors (Lipinski definition) is 6. The fraction of sp³-hybridized carbons (Fsp3) is 0.308. The number of rotatable bonds is 6. The molecule has 8 heteroatoms. The molecule has 2 heterocycles. The van der Waals surface area contributed by atoms with Gasteiger partial charge in [-0.2, -0.15) is 0 Å². The number of ether oxygens (including phenoxy) is 1. The predicted molar refractivity (Wildman–Crippen MR) is 75.1 cm³/mol. The molecule has 2 aromatic heterocycles. The van der Waals surface area contributed by atoms with Crippen LogP contribution < -0.4 is 4.74 Å². The van der Waals surface area contributed by atoms with E-state index in [9.17, 15) is 14.9 Å². The average molecular weight is 311 g/mol. The third kappa shape index (κ3) is 3.40. The second kappa shape index (κ2) is 5.96. The van der Waals surface area contributed by atoms with Gasteiger partial charge in [-0.3, -0.25) is 10.1 Å². The number of thiophene rings is 1. The first-order valence-electron chi connectivity index (χ1n) is 6.11. The number of nitro groups is 1. The molecule has 0 spiro atoms. The minimum atomic E-state index is -1.06. The van der Waals surface area contributed by atoms with Crippen LogP contribution in [-0.4, -0.2) is 16.0 Å². The molecule has 1 N–H and O–H groups in total. The molecular weight excluding hydrogens is 298 g/mol. The molecule has 0 aromatic carbocycles. The monoisotopic (exact) mass is 311 g/mol. The third-order valence-electron chi connectivity index (χ3n) is 2.68. The summed E-state index contributed by atoms with van der Waals surface area (Å²) in [6.07, 6.45) is 0. The van der Waals surface area contributed by atoms with Gasteiger partial charge in [-0.15, -0.1) is 11.3 Å². The Hall–Kier alpha value is -2.35. The summed E-state index contributed by atoms with van der Waals surface area (Å²) >= 11 is 1.16. The number of carbonyl (C=O) groups is 1. The zero-order valence-corrected chi connectivity index (χ0v) is 12.2. The molecule has 21 heavy (non-hydrogen) atoms. The van der Waals surface area contributed by atoms with Crippen molar-refractivity contribution in [2.75, 3.05) is 0 Å². The SMILES string of the molecule is CC(C)c1cc(OCc2ccc([N+](=O)[O-])o2)c(C(=O)O)s1. The van der Waals surface area contributed by atoms with Gasteiger partial charge < -0.3 is 14.3 Å². The number of carboxylic acids is 1. The van der Waals surface area contributed by atoms with E-state index in [1.807, 2.05) is 13.8 Å². The molecule has 0 unspecified atom stereocenters. The van der Waals surface area contributed by atoms with E-state index in [1.165, 1.54) is 12.1 Å². The molecule has 0 aliphatic heterocycles.